The lowest BCUT2D eigenvalue weighted by Crippen LogP contribution is -2.34. The molecule has 0 fully saturated rings. The average molecular weight is 299 g/mol. The smallest absolute Gasteiger partial charge is 0.265 e. The molecule has 0 saturated carbocycles. The molecule has 7 nitrogen and oxygen atoms in total. The molecule has 1 aliphatic rings. The van der Waals surface area contributed by atoms with Crippen molar-refractivity contribution in [2.24, 2.45) is 0 Å². The molecule has 7 heteroatoms. The molecule has 0 radical (unpaired) electrons. The van der Waals surface area contributed by atoms with E-state index in [-0.39, 0.29) is 11.8 Å². The molecule has 1 aromatic heterocycles. The summed E-state index contributed by atoms with van der Waals surface area (Å²) in [4.78, 5) is 23.7. The second-order valence-electron chi connectivity index (χ2n) is 4.86. The largest absolute Gasteiger partial charge is 0.619 e. The number of rotatable bonds is 2. The van der Waals surface area contributed by atoms with Crippen molar-refractivity contribution in [2.75, 3.05) is 10.6 Å². The van der Waals surface area contributed by atoms with E-state index in [0.29, 0.717) is 27.4 Å². The summed E-state index contributed by atoms with van der Waals surface area (Å²) in [6.07, 6.45) is 1.95. The number of pyridine rings is 1. The first-order chi connectivity index (χ1) is 10.5. The van der Waals surface area contributed by atoms with Gasteiger partial charge in [0.1, 0.15) is 5.75 Å². The van der Waals surface area contributed by atoms with Crippen molar-refractivity contribution in [3.63, 3.8) is 0 Å². The van der Waals surface area contributed by atoms with Crippen LogP contribution in [0, 0.1) is 5.21 Å². The normalized spacial score (nSPS) is 16.2. The molecule has 2 heterocycles. The number of amides is 2. The summed E-state index contributed by atoms with van der Waals surface area (Å²) in [5.74, 6) is -0.0341. The lowest BCUT2D eigenvalue weighted by molar-refractivity contribution is -0.605. The lowest BCUT2D eigenvalue weighted by atomic mass is 10.2. The predicted molar refractivity (Wildman–Crippen MR) is 78.5 cm³/mol. The fourth-order valence-corrected chi connectivity index (χ4v) is 2.05. The van der Waals surface area contributed by atoms with Gasteiger partial charge in [0.25, 0.3) is 11.8 Å². The van der Waals surface area contributed by atoms with Crippen LogP contribution in [0.2, 0.25) is 0 Å². The molecule has 0 aliphatic carbocycles. The van der Waals surface area contributed by atoms with Gasteiger partial charge in [-0.05, 0) is 25.1 Å². The number of hydrogen-bond acceptors (Lipinski definition) is 4. The third-order valence-electron chi connectivity index (χ3n) is 3.23. The van der Waals surface area contributed by atoms with E-state index >= 15 is 0 Å². The molecule has 0 saturated heterocycles. The molecule has 2 N–H and O–H groups in total. The van der Waals surface area contributed by atoms with Crippen molar-refractivity contribution in [3.8, 4) is 5.75 Å². The topological polar surface area (TPSA) is 94.4 Å². The summed E-state index contributed by atoms with van der Waals surface area (Å²) >= 11 is 0. The van der Waals surface area contributed by atoms with E-state index in [1.165, 1.54) is 24.5 Å². The lowest BCUT2D eigenvalue weighted by Gasteiger charge is -2.23. The predicted octanol–water partition coefficient (Wildman–Crippen LogP) is 1.29. The Morgan fingerprint density at radius 1 is 1.32 bits per heavy atom. The summed E-state index contributed by atoms with van der Waals surface area (Å²) in [6, 6.07) is 7.82. The van der Waals surface area contributed by atoms with Crippen LogP contribution in [0.1, 0.15) is 17.3 Å². The Morgan fingerprint density at radius 3 is 2.77 bits per heavy atom. The molecule has 2 aromatic rings. The van der Waals surface area contributed by atoms with Crippen molar-refractivity contribution in [1.82, 2.24) is 0 Å². The highest BCUT2D eigenvalue weighted by Gasteiger charge is 2.23. The van der Waals surface area contributed by atoms with Gasteiger partial charge in [-0.2, -0.15) is 4.73 Å². The van der Waals surface area contributed by atoms with Gasteiger partial charge in [0.05, 0.1) is 11.3 Å². The van der Waals surface area contributed by atoms with Gasteiger partial charge in [0, 0.05) is 17.8 Å². The molecule has 1 unspecified atom stereocenters. The zero-order valence-corrected chi connectivity index (χ0v) is 11.7. The van der Waals surface area contributed by atoms with E-state index < -0.39 is 6.10 Å². The molecule has 112 valence electrons. The Hall–Kier alpha value is -3.09. The molecule has 1 aromatic carbocycles. The van der Waals surface area contributed by atoms with Crippen LogP contribution in [0.25, 0.3) is 0 Å². The summed E-state index contributed by atoms with van der Waals surface area (Å²) in [5, 5.41) is 16.4. The van der Waals surface area contributed by atoms with Crippen molar-refractivity contribution in [2.45, 2.75) is 13.0 Å². The zero-order valence-electron chi connectivity index (χ0n) is 11.7. The third kappa shape index (κ3) is 2.69. The number of fused-ring (bicyclic) bond motifs is 1. The molecule has 3 rings (SSSR count). The molecule has 2 amide bonds. The Labute approximate surface area is 126 Å². The van der Waals surface area contributed by atoms with Gasteiger partial charge in [-0.1, -0.05) is 0 Å². The summed E-state index contributed by atoms with van der Waals surface area (Å²) in [5.41, 5.74) is 1.38. The Bertz CT molecular complexity index is 743. The monoisotopic (exact) mass is 299 g/mol. The average Bonchev–Trinajstić information content (AvgIpc) is 2.49. The first kappa shape index (κ1) is 13.9. The van der Waals surface area contributed by atoms with Gasteiger partial charge >= 0.3 is 0 Å². The van der Waals surface area contributed by atoms with Crippen molar-refractivity contribution < 1.29 is 19.1 Å². The number of anilines is 2. The number of ether oxygens (including phenoxy) is 1. The Morgan fingerprint density at radius 2 is 2.05 bits per heavy atom. The minimum absolute atomic E-state index is 0.237. The minimum atomic E-state index is -0.545. The first-order valence-electron chi connectivity index (χ1n) is 6.65. The highest BCUT2D eigenvalue weighted by Crippen LogP contribution is 2.32. The van der Waals surface area contributed by atoms with Crippen LogP contribution in [0.3, 0.4) is 0 Å². The fourth-order valence-electron chi connectivity index (χ4n) is 2.05. The van der Waals surface area contributed by atoms with Crippen LogP contribution < -0.4 is 20.1 Å². The van der Waals surface area contributed by atoms with Gasteiger partial charge in [0.2, 0.25) is 0 Å². The highest BCUT2D eigenvalue weighted by molar-refractivity contribution is 6.05. The molecule has 0 spiro atoms. The summed E-state index contributed by atoms with van der Waals surface area (Å²) in [7, 11) is 0. The van der Waals surface area contributed by atoms with E-state index in [1.54, 1.807) is 25.1 Å². The van der Waals surface area contributed by atoms with E-state index in [9.17, 15) is 14.8 Å². The number of carbonyl (C=O) groups is 2. The van der Waals surface area contributed by atoms with Gasteiger partial charge < -0.3 is 20.6 Å². The molecule has 1 atom stereocenters. The Kier molecular flexibility index (Phi) is 3.38. The standard InChI is InChI=1S/C15H13N3O4/c1-9-14(19)17-12-8-11(2-3-13(12)22-9)16-15(20)10-4-6-18(21)7-5-10/h2-9H,1H3,(H,16,20)(H,17,19). The van der Waals surface area contributed by atoms with Crippen molar-refractivity contribution in [1.29, 1.82) is 0 Å². The van der Waals surface area contributed by atoms with Crippen molar-refractivity contribution in [3.05, 3.63) is 53.5 Å². The van der Waals surface area contributed by atoms with E-state index in [2.05, 4.69) is 10.6 Å². The van der Waals surface area contributed by atoms with Crippen LogP contribution in [0.4, 0.5) is 11.4 Å². The first-order valence-corrected chi connectivity index (χ1v) is 6.65. The number of hydrogen-bond donors (Lipinski definition) is 2. The fraction of sp³-hybridized carbons (Fsp3) is 0.133. The number of aromatic nitrogens is 1. The number of carbonyl (C=O) groups excluding carboxylic acids is 2. The number of benzene rings is 1. The Balaban J connectivity index is 1.79. The van der Waals surface area contributed by atoms with Crippen LogP contribution in [0.15, 0.2) is 42.7 Å². The molecular formula is C15H13N3O4. The van der Waals surface area contributed by atoms with Crippen LogP contribution >= 0.6 is 0 Å². The van der Waals surface area contributed by atoms with Gasteiger partial charge in [-0.15, -0.1) is 0 Å². The van der Waals surface area contributed by atoms with E-state index in [1.807, 2.05) is 0 Å². The quantitative estimate of drug-likeness (QED) is 0.645. The third-order valence-corrected chi connectivity index (χ3v) is 3.23. The highest BCUT2D eigenvalue weighted by atomic mass is 16.5. The van der Waals surface area contributed by atoms with Crippen LogP contribution in [-0.2, 0) is 4.79 Å². The second-order valence-corrected chi connectivity index (χ2v) is 4.86. The van der Waals surface area contributed by atoms with E-state index in [0.717, 1.165) is 0 Å². The van der Waals surface area contributed by atoms with Crippen LogP contribution in [-0.4, -0.2) is 17.9 Å². The maximum Gasteiger partial charge on any atom is 0.265 e. The molecular weight excluding hydrogens is 286 g/mol. The second kappa shape index (κ2) is 5.36. The van der Waals surface area contributed by atoms with Crippen LogP contribution in [0.5, 0.6) is 5.75 Å². The summed E-state index contributed by atoms with van der Waals surface area (Å²) in [6.45, 7) is 1.66. The maximum atomic E-state index is 12.1. The zero-order chi connectivity index (χ0) is 15.7. The number of nitrogens with zero attached hydrogens (tertiary/aromatic N) is 1. The van der Waals surface area contributed by atoms with Gasteiger partial charge in [0.15, 0.2) is 18.5 Å². The molecule has 0 bridgehead atoms. The molecule has 22 heavy (non-hydrogen) atoms. The van der Waals surface area contributed by atoms with Crippen molar-refractivity contribution >= 4 is 23.2 Å². The van der Waals surface area contributed by atoms with Gasteiger partial charge in [-0.25, -0.2) is 0 Å². The summed E-state index contributed by atoms with van der Waals surface area (Å²) < 4.78 is 6.04. The SMILES string of the molecule is CC1Oc2ccc(NC(=O)c3cc[n+]([O-])cc3)cc2NC1=O. The van der Waals surface area contributed by atoms with E-state index in [4.69, 9.17) is 4.74 Å². The minimum Gasteiger partial charge on any atom is -0.619 e. The van der Waals surface area contributed by atoms with Gasteiger partial charge in [-0.3, -0.25) is 9.59 Å². The number of nitrogens with one attached hydrogen (secondary N) is 2. The molecule has 1 aliphatic heterocycles. The maximum absolute atomic E-state index is 12.1.